The molecule has 2 heteroatoms. The number of hydrogen-bond acceptors (Lipinski definition) is 1. The average Bonchev–Trinajstić information content (AvgIpc) is 2.05. The predicted molar refractivity (Wildman–Crippen MR) is 42.8 cm³/mol. The SMILES string of the molecule is CC(=O)C([NH3+])c1ccccc1. The van der Waals surface area contributed by atoms with E-state index in [0.29, 0.717) is 0 Å². The number of Topliss-reactive ketones (excluding diaryl/α,β-unsaturated/α-hetero) is 1. The third-order valence-corrected chi connectivity index (χ3v) is 1.69. The van der Waals surface area contributed by atoms with Crippen molar-refractivity contribution in [1.82, 2.24) is 0 Å². The highest BCUT2D eigenvalue weighted by Gasteiger charge is 2.12. The Morgan fingerprint density at radius 2 is 1.91 bits per heavy atom. The van der Waals surface area contributed by atoms with Gasteiger partial charge in [0.1, 0.15) is 0 Å². The maximum atomic E-state index is 10.9. The molecule has 1 aromatic carbocycles. The lowest BCUT2D eigenvalue weighted by Gasteiger charge is -2.02. The molecule has 0 aliphatic carbocycles. The summed E-state index contributed by atoms with van der Waals surface area (Å²) >= 11 is 0. The molecule has 0 fully saturated rings. The predicted octanol–water partition coefficient (Wildman–Crippen LogP) is 0.559. The Morgan fingerprint density at radius 1 is 1.36 bits per heavy atom. The van der Waals surface area contributed by atoms with Gasteiger partial charge < -0.3 is 5.73 Å². The van der Waals surface area contributed by atoms with Crippen LogP contribution < -0.4 is 5.73 Å². The molecule has 0 aliphatic heterocycles. The smallest absolute Gasteiger partial charge is 0.191 e. The largest absolute Gasteiger partial charge is 0.345 e. The minimum atomic E-state index is -0.212. The Kier molecular flexibility index (Phi) is 2.39. The van der Waals surface area contributed by atoms with Crippen LogP contribution in [0.4, 0.5) is 0 Å². The summed E-state index contributed by atoms with van der Waals surface area (Å²) in [5, 5.41) is 0. The number of benzene rings is 1. The van der Waals surface area contributed by atoms with E-state index in [9.17, 15) is 4.79 Å². The fourth-order valence-corrected chi connectivity index (χ4v) is 0.920. The molecule has 0 bridgehead atoms. The van der Waals surface area contributed by atoms with E-state index in [4.69, 9.17) is 0 Å². The fraction of sp³-hybridized carbons (Fsp3) is 0.222. The highest BCUT2D eigenvalue weighted by Crippen LogP contribution is 2.07. The first-order chi connectivity index (χ1) is 5.22. The highest BCUT2D eigenvalue weighted by molar-refractivity contribution is 5.81. The maximum Gasteiger partial charge on any atom is 0.191 e. The normalized spacial score (nSPS) is 12.5. The van der Waals surface area contributed by atoms with Crippen LogP contribution in [0.15, 0.2) is 30.3 Å². The molecule has 0 radical (unpaired) electrons. The molecule has 0 saturated heterocycles. The Hall–Kier alpha value is -1.15. The molecule has 0 amide bonds. The Morgan fingerprint density at radius 3 is 2.36 bits per heavy atom. The van der Waals surface area contributed by atoms with E-state index in [0.717, 1.165) is 5.56 Å². The van der Waals surface area contributed by atoms with Crippen LogP contribution in [0.5, 0.6) is 0 Å². The van der Waals surface area contributed by atoms with Crippen LogP contribution in [-0.4, -0.2) is 5.78 Å². The molecular weight excluding hydrogens is 138 g/mol. The zero-order chi connectivity index (χ0) is 8.27. The van der Waals surface area contributed by atoms with Crippen molar-refractivity contribution in [2.75, 3.05) is 0 Å². The van der Waals surface area contributed by atoms with E-state index in [1.54, 1.807) is 6.92 Å². The van der Waals surface area contributed by atoms with Gasteiger partial charge in [-0.2, -0.15) is 0 Å². The number of carbonyl (C=O) groups is 1. The summed E-state index contributed by atoms with van der Waals surface area (Å²) in [6.07, 6.45) is 0. The minimum absolute atomic E-state index is 0.108. The third kappa shape index (κ3) is 1.88. The van der Waals surface area contributed by atoms with E-state index in [-0.39, 0.29) is 11.8 Å². The molecule has 0 aliphatic rings. The van der Waals surface area contributed by atoms with Crippen molar-refractivity contribution in [2.24, 2.45) is 0 Å². The van der Waals surface area contributed by atoms with Crippen molar-refractivity contribution >= 4 is 5.78 Å². The van der Waals surface area contributed by atoms with Crippen molar-refractivity contribution in [3.8, 4) is 0 Å². The van der Waals surface area contributed by atoms with Crippen LogP contribution in [-0.2, 0) is 4.79 Å². The summed E-state index contributed by atoms with van der Waals surface area (Å²) in [5.74, 6) is 0.108. The number of carbonyl (C=O) groups excluding carboxylic acids is 1. The molecule has 0 spiro atoms. The summed E-state index contributed by atoms with van der Waals surface area (Å²) in [6.45, 7) is 1.56. The van der Waals surface area contributed by atoms with Gasteiger partial charge in [0.25, 0.3) is 0 Å². The Balaban J connectivity index is 2.85. The second-order valence-electron chi connectivity index (χ2n) is 2.57. The summed E-state index contributed by atoms with van der Waals surface area (Å²) < 4.78 is 0. The number of quaternary nitrogens is 1. The van der Waals surface area contributed by atoms with Crippen molar-refractivity contribution in [1.29, 1.82) is 0 Å². The minimum Gasteiger partial charge on any atom is -0.345 e. The molecule has 2 nitrogen and oxygen atoms in total. The summed E-state index contributed by atoms with van der Waals surface area (Å²) in [7, 11) is 0. The van der Waals surface area contributed by atoms with Gasteiger partial charge in [0.05, 0.1) is 0 Å². The van der Waals surface area contributed by atoms with Gasteiger partial charge in [-0.1, -0.05) is 30.3 Å². The highest BCUT2D eigenvalue weighted by atomic mass is 16.1. The maximum absolute atomic E-state index is 10.9. The monoisotopic (exact) mass is 150 g/mol. The molecule has 1 aromatic rings. The molecular formula is C9H12NO+. The van der Waals surface area contributed by atoms with Gasteiger partial charge in [0.15, 0.2) is 11.8 Å². The van der Waals surface area contributed by atoms with Crippen LogP contribution >= 0.6 is 0 Å². The Bertz CT molecular complexity index is 243. The van der Waals surface area contributed by atoms with E-state index in [2.05, 4.69) is 5.73 Å². The van der Waals surface area contributed by atoms with Crippen LogP contribution in [0.3, 0.4) is 0 Å². The number of rotatable bonds is 2. The zero-order valence-corrected chi connectivity index (χ0v) is 6.58. The van der Waals surface area contributed by atoms with E-state index >= 15 is 0 Å². The average molecular weight is 150 g/mol. The van der Waals surface area contributed by atoms with Gasteiger partial charge in [-0.3, -0.25) is 4.79 Å². The molecule has 1 rings (SSSR count). The van der Waals surface area contributed by atoms with Crippen molar-refractivity contribution < 1.29 is 10.5 Å². The summed E-state index contributed by atoms with van der Waals surface area (Å²) in [4.78, 5) is 10.9. The second kappa shape index (κ2) is 3.30. The van der Waals surface area contributed by atoms with Crippen LogP contribution in [0, 0.1) is 0 Å². The van der Waals surface area contributed by atoms with Gasteiger partial charge in [-0.25, -0.2) is 0 Å². The van der Waals surface area contributed by atoms with Crippen LogP contribution in [0.2, 0.25) is 0 Å². The number of hydrogen-bond donors (Lipinski definition) is 1. The fourth-order valence-electron chi connectivity index (χ4n) is 0.920. The molecule has 11 heavy (non-hydrogen) atoms. The summed E-state index contributed by atoms with van der Waals surface area (Å²) in [5.41, 5.74) is 4.74. The Labute approximate surface area is 66.0 Å². The van der Waals surface area contributed by atoms with Gasteiger partial charge in [0, 0.05) is 12.5 Å². The lowest BCUT2D eigenvalue weighted by Crippen LogP contribution is -2.56. The van der Waals surface area contributed by atoms with E-state index < -0.39 is 0 Å². The van der Waals surface area contributed by atoms with Gasteiger partial charge >= 0.3 is 0 Å². The van der Waals surface area contributed by atoms with Crippen LogP contribution in [0.1, 0.15) is 18.5 Å². The van der Waals surface area contributed by atoms with Gasteiger partial charge in [-0.15, -0.1) is 0 Å². The summed E-state index contributed by atoms with van der Waals surface area (Å²) in [6, 6.07) is 9.37. The molecule has 58 valence electrons. The third-order valence-electron chi connectivity index (χ3n) is 1.69. The first kappa shape index (κ1) is 7.95. The van der Waals surface area contributed by atoms with Gasteiger partial charge in [0.2, 0.25) is 0 Å². The lowest BCUT2D eigenvalue weighted by atomic mass is 10.1. The molecule has 0 aromatic heterocycles. The molecule has 0 heterocycles. The van der Waals surface area contributed by atoms with Crippen molar-refractivity contribution in [3.05, 3.63) is 35.9 Å². The lowest BCUT2D eigenvalue weighted by molar-refractivity contribution is -0.408. The topological polar surface area (TPSA) is 44.7 Å². The second-order valence-corrected chi connectivity index (χ2v) is 2.57. The van der Waals surface area contributed by atoms with Crippen molar-refractivity contribution in [2.45, 2.75) is 13.0 Å². The molecule has 1 unspecified atom stereocenters. The van der Waals surface area contributed by atoms with E-state index in [1.165, 1.54) is 0 Å². The van der Waals surface area contributed by atoms with Crippen molar-refractivity contribution in [3.63, 3.8) is 0 Å². The first-order valence-corrected chi connectivity index (χ1v) is 3.60. The molecule has 3 N–H and O–H groups in total. The van der Waals surface area contributed by atoms with Crippen LogP contribution in [0.25, 0.3) is 0 Å². The zero-order valence-electron chi connectivity index (χ0n) is 6.58. The number of ketones is 1. The van der Waals surface area contributed by atoms with E-state index in [1.807, 2.05) is 30.3 Å². The standard InChI is InChI=1S/C9H11NO/c1-7(11)9(10)8-5-3-2-4-6-8/h2-6,9H,10H2,1H3/p+1. The molecule has 1 atom stereocenters. The van der Waals surface area contributed by atoms with Gasteiger partial charge in [-0.05, 0) is 0 Å². The first-order valence-electron chi connectivity index (χ1n) is 3.60. The molecule has 0 saturated carbocycles. The quantitative estimate of drug-likeness (QED) is 0.657.